The molecule has 2 rings (SSSR count). The van der Waals surface area contributed by atoms with Crippen LogP contribution in [-0.4, -0.2) is 34.4 Å². The van der Waals surface area contributed by atoms with Crippen LogP contribution in [-0.2, 0) is 11.8 Å². The van der Waals surface area contributed by atoms with Gasteiger partial charge in [0.2, 0.25) is 0 Å². The smallest absolute Gasteiger partial charge is 0.338 e. The van der Waals surface area contributed by atoms with Crippen molar-refractivity contribution in [3.8, 4) is 6.07 Å². The number of halogens is 5. The molecule has 12 heteroatoms. The summed E-state index contributed by atoms with van der Waals surface area (Å²) in [5.74, 6) is -4.46. The molecule has 2 N–H and O–H groups in total. The number of carbonyl (C=O) groups excluding carboxylic acids is 3. The van der Waals surface area contributed by atoms with Gasteiger partial charge >= 0.3 is 6.18 Å². The first-order valence-corrected chi connectivity index (χ1v) is 8.95. The van der Waals surface area contributed by atoms with Crippen LogP contribution < -0.4 is 10.6 Å². The van der Waals surface area contributed by atoms with Gasteiger partial charge in [0, 0.05) is 12.7 Å². The molecule has 0 aliphatic heterocycles. The van der Waals surface area contributed by atoms with E-state index in [1.54, 1.807) is 11.4 Å². The Morgan fingerprint density at radius 2 is 1.87 bits per heavy atom. The molecule has 1 aromatic heterocycles. The van der Waals surface area contributed by atoms with Gasteiger partial charge in [-0.3, -0.25) is 14.4 Å². The largest absolute Gasteiger partial charge is 0.408 e. The Bertz CT molecular complexity index is 1120. The quantitative estimate of drug-likeness (QED) is 0.406. The lowest BCUT2D eigenvalue weighted by atomic mass is 10.1. The van der Waals surface area contributed by atoms with Crippen molar-refractivity contribution in [2.45, 2.75) is 26.1 Å². The van der Waals surface area contributed by atoms with Crippen molar-refractivity contribution in [3.05, 3.63) is 51.6 Å². The number of alkyl halides is 3. The van der Waals surface area contributed by atoms with Crippen molar-refractivity contribution in [2.75, 3.05) is 5.32 Å². The van der Waals surface area contributed by atoms with Gasteiger partial charge in [-0.1, -0.05) is 11.6 Å². The Morgan fingerprint density at radius 3 is 2.42 bits per heavy atom. The molecule has 0 bridgehead atoms. The summed E-state index contributed by atoms with van der Waals surface area (Å²) in [6, 6.07) is 2.59. The normalized spacial score (nSPS) is 12.1. The minimum atomic E-state index is -4.75. The van der Waals surface area contributed by atoms with Crippen molar-refractivity contribution in [3.63, 3.8) is 0 Å². The number of anilines is 1. The van der Waals surface area contributed by atoms with E-state index in [-0.39, 0.29) is 33.2 Å². The number of nitrogens with one attached hydrogen (secondary N) is 2. The molecule has 0 unspecified atom stereocenters. The second kappa shape index (κ2) is 8.77. The van der Waals surface area contributed by atoms with E-state index in [0.29, 0.717) is 6.92 Å². The Balaban J connectivity index is 2.35. The van der Waals surface area contributed by atoms with Crippen molar-refractivity contribution in [1.29, 1.82) is 5.26 Å². The van der Waals surface area contributed by atoms with Gasteiger partial charge in [0.25, 0.3) is 17.6 Å². The van der Waals surface area contributed by atoms with E-state index in [2.05, 4.69) is 5.32 Å². The zero-order chi connectivity index (χ0) is 23.7. The van der Waals surface area contributed by atoms with E-state index in [4.69, 9.17) is 16.9 Å². The number of Topliss-reactive ketones (excluding diaryl/α,β-unsaturated/α-hetero) is 1. The third-order valence-electron chi connectivity index (χ3n) is 4.40. The average Bonchev–Trinajstić information content (AvgIpc) is 2.90. The lowest BCUT2D eigenvalue weighted by molar-refractivity contribution is -0.156. The van der Waals surface area contributed by atoms with Crippen LogP contribution in [0.1, 0.15) is 38.9 Å². The van der Waals surface area contributed by atoms with Crippen LogP contribution in [0.25, 0.3) is 0 Å². The van der Waals surface area contributed by atoms with Gasteiger partial charge in [-0.2, -0.15) is 18.4 Å². The van der Waals surface area contributed by atoms with Gasteiger partial charge in [0.1, 0.15) is 23.1 Å². The maximum atomic E-state index is 13.4. The van der Waals surface area contributed by atoms with Crippen LogP contribution in [0.15, 0.2) is 18.2 Å². The monoisotopic (exact) mass is 458 g/mol. The molecule has 1 aromatic carbocycles. The summed E-state index contributed by atoms with van der Waals surface area (Å²) in [6.07, 6.45) is -4.75. The van der Waals surface area contributed by atoms with Crippen LogP contribution >= 0.6 is 11.6 Å². The number of amides is 2. The molecule has 0 radical (unpaired) electrons. The van der Waals surface area contributed by atoms with Crippen LogP contribution in [0.2, 0.25) is 5.15 Å². The summed E-state index contributed by atoms with van der Waals surface area (Å²) in [5.41, 5.74) is -0.898. The highest BCUT2D eigenvalue weighted by atomic mass is 35.5. The highest BCUT2D eigenvalue weighted by molar-refractivity contribution is 6.44. The Kier molecular flexibility index (Phi) is 6.76. The fraction of sp³-hybridized carbons (Fsp3) is 0.263. The molecule has 164 valence electrons. The summed E-state index contributed by atoms with van der Waals surface area (Å²) < 4.78 is 52.4. The predicted octanol–water partition coefficient (Wildman–Crippen LogP) is 3.50. The number of ketones is 1. The first-order chi connectivity index (χ1) is 14.3. The van der Waals surface area contributed by atoms with Gasteiger partial charge in [0.15, 0.2) is 0 Å². The topological polar surface area (TPSA) is 104 Å². The summed E-state index contributed by atoms with van der Waals surface area (Å²) in [4.78, 5) is 37.1. The van der Waals surface area contributed by atoms with Gasteiger partial charge < -0.3 is 15.2 Å². The number of rotatable bonds is 5. The first-order valence-electron chi connectivity index (χ1n) is 8.57. The van der Waals surface area contributed by atoms with Crippen LogP contribution in [0.5, 0.6) is 0 Å². The third kappa shape index (κ3) is 4.86. The van der Waals surface area contributed by atoms with E-state index < -0.39 is 35.6 Å². The van der Waals surface area contributed by atoms with Crippen LogP contribution in [0.3, 0.4) is 0 Å². The zero-order valence-corrected chi connectivity index (χ0v) is 17.1. The van der Waals surface area contributed by atoms with Crippen molar-refractivity contribution >= 4 is 34.9 Å². The van der Waals surface area contributed by atoms with E-state index in [9.17, 15) is 31.9 Å². The first kappa shape index (κ1) is 23.9. The minimum absolute atomic E-state index is 0.0487. The lowest BCUT2D eigenvalue weighted by Crippen LogP contribution is -2.46. The van der Waals surface area contributed by atoms with Crippen molar-refractivity contribution in [1.82, 2.24) is 9.88 Å². The van der Waals surface area contributed by atoms with E-state index in [1.807, 2.05) is 0 Å². The third-order valence-corrected chi connectivity index (χ3v) is 4.84. The van der Waals surface area contributed by atoms with E-state index in [1.165, 1.54) is 20.0 Å². The maximum absolute atomic E-state index is 13.4. The zero-order valence-electron chi connectivity index (χ0n) is 16.3. The molecule has 31 heavy (non-hydrogen) atoms. The molecule has 7 nitrogen and oxygen atoms in total. The second-order valence-corrected chi connectivity index (χ2v) is 6.88. The number of nitrogens with zero attached hydrogens (tertiary/aromatic N) is 2. The Morgan fingerprint density at radius 1 is 1.26 bits per heavy atom. The lowest BCUT2D eigenvalue weighted by Gasteiger charge is -2.16. The van der Waals surface area contributed by atoms with Gasteiger partial charge in [-0.15, -0.1) is 0 Å². The molecule has 0 saturated heterocycles. The Labute approximate surface area is 178 Å². The molecule has 1 atom stereocenters. The van der Waals surface area contributed by atoms with E-state index in [0.717, 1.165) is 16.7 Å². The highest BCUT2D eigenvalue weighted by Gasteiger charge is 2.39. The van der Waals surface area contributed by atoms with Crippen LogP contribution in [0.4, 0.5) is 23.2 Å². The molecular formula is C19H15ClF4N4O3. The number of hydrogen-bond acceptors (Lipinski definition) is 4. The maximum Gasteiger partial charge on any atom is 0.408 e. The summed E-state index contributed by atoms with van der Waals surface area (Å²) >= 11 is 6.12. The fourth-order valence-corrected chi connectivity index (χ4v) is 3.02. The second-order valence-electron chi connectivity index (χ2n) is 6.52. The van der Waals surface area contributed by atoms with Crippen molar-refractivity contribution < 1.29 is 31.9 Å². The average molecular weight is 459 g/mol. The van der Waals surface area contributed by atoms with E-state index >= 15 is 0 Å². The number of aromatic nitrogens is 1. The summed E-state index contributed by atoms with van der Waals surface area (Å²) in [6.45, 7) is 1.97. The predicted molar refractivity (Wildman–Crippen MR) is 102 cm³/mol. The SMILES string of the molecule is Cc1c(C(=O)Nc2ccc(F)c(C#N)c2)c(Cl)n(C)c1C(=O)C(=O)N[C@@H](C)C(F)(F)F. The molecule has 0 aliphatic carbocycles. The van der Waals surface area contributed by atoms with Crippen LogP contribution in [0, 0.1) is 24.1 Å². The fourth-order valence-electron chi connectivity index (χ4n) is 2.71. The molecule has 0 aliphatic rings. The minimum Gasteiger partial charge on any atom is -0.338 e. The number of hydrogen-bond donors (Lipinski definition) is 2. The molecule has 1 heterocycles. The van der Waals surface area contributed by atoms with Gasteiger partial charge in [0.05, 0.1) is 16.8 Å². The number of benzene rings is 1. The highest BCUT2D eigenvalue weighted by Crippen LogP contribution is 2.28. The summed E-state index contributed by atoms with van der Waals surface area (Å²) in [5, 5.41) is 12.6. The molecule has 2 amide bonds. The van der Waals surface area contributed by atoms with Crippen molar-refractivity contribution in [2.24, 2.45) is 7.05 Å². The molecule has 0 fully saturated rings. The standard InChI is InChI=1S/C19H15ClF4N4O3/c1-8-13(17(30)27-11-4-5-12(21)10(6-11)7-25)16(20)28(3)14(8)15(29)18(31)26-9(2)19(22,23)24/h4-6,9H,1-3H3,(H,26,31)(H,27,30)/t9-/m0/s1. The molecule has 0 saturated carbocycles. The summed E-state index contributed by atoms with van der Waals surface area (Å²) in [7, 11) is 1.26. The van der Waals surface area contributed by atoms with Gasteiger partial charge in [-0.05, 0) is 37.6 Å². The number of carbonyl (C=O) groups is 3. The van der Waals surface area contributed by atoms with Gasteiger partial charge in [-0.25, -0.2) is 4.39 Å². The number of nitriles is 1. The molecular weight excluding hydrogens is 444 g/mol. The molecule has 0 spiro atoms. The molecule has 2 aromatic rings. The Hall–Kier alpha value is -3.39.